The molecular weight excluding hydrogens is 511 g/mol. The van der Waals surface area contributed by atoms with Crippen LogP contribution in [0.3, 0.4) is 0 Å². The van der Waals surface area contributed by atoms with Crippen molar-refractivity contribution < 1.29 is 8.42 Å². The quantitative estimate of drug-likeness (QED) is 0.203. The van der Waals surface area contributed by atoms with Gasteiger partial charge in [0.1, 0.15) is 0 Å². The van der Waals surface area contributed by atoms with Crippen LogP contribution in [0.4, 0.5) is 16.0 Å². The maximum atomic E-state index is 12.5. The largest absolute Gasteiger partial charge is 0.332 e. The van der Waals surface area contributed by atoms with Crippen LogP contribution < -0.4 is 15.4 Å². The number of benzene rings is 3. The molecule has 5 rings (SSSR count). The fraction of sp³-hybridized carbons (Fsp3) is 0.0769. The summed E-state index contributed by atoms with van der Waals surface area (Å²) in [6, 6.07) is 27.3. The average molecular weight is 534 g/mol. The molecule has 0 unspecified atom stereocenters. The Bertz CT molecular complexity index is 1450. The molecule has 0 amide bonds. The lowest BCUT2D eigenvalue weighted by Gasteiger charge is -2.19. The second-order valence-corrected chi connectivity index (χ2v) is 11.3. The van der Waals surface area contributed by atoms with Gasteiger partial charge in [-0.05, 0) is 35.4 Å². The van der Waals surface area contributed by atoms with Crippen molar-refractivity contribution in [1.82, 2.24) is 15.3 Å². The number of hydrogen-bond acceptors (Lipinski definition) is 8. The van der Waals surface area contributed by atoms with Crippen molar-refractivity contribution in [2.24, 2.45) is 0 Å². The number of aromatic nitrogens is 2. The molecule has 0 aliphatic carbocycles. The van der Waals surface area contributed by atoms with Gasteiger partial charge in [-0.3, -0.25) is 4.72 Å². The zero-order valence-electron chi connectivity index (χ0n) is 19.0. The molecule has 0 saturated carbocycles. The number of thiazole rings is 2. The summed E-state index contributed by atoms with van der Waals surface area (Å²) < 4.78 is 27.5. The smallest absolute Gasteiger partial charge is 0.263 e. The van der Waals surface area contributed by atoms with E-state index in [-0.39, 0.29) is 10.9 Å². The van der Waals surface area contributed by atoms with Gasteiger partial charge in [-0.2, -0.15) is 0 Å². The molecule has 5 aromatic rings. The fourth-order valence-corrected chi connectivity index (χ4v) is 6.18. The molecule has 36 heavy (non-hydrogen) atoms. The third kappa shape index (κ3) is 5.97. The minimum Gasteiger partial charge on any atom is -0.332 e. The predicted octanol–water partition coefficient (Wildman–Crippen LogP) is 6.02. The number of anilines is 3. The summed E-state index contributed by atoms with van der Waals surface area (Å²) in [7, 11) is -3.68. The van der Waals surface area contributed by atoms with E-state index in [1.807, 2.05) is 41.8 Å². The number of nitrogens with zero attached hydrogens (tertiary/aromatic N) is 2. The normalized spacial score (nSPS) is 11.5. The van der Waals surface area contributed by atoms with Gasteiger partial charge < -0.3 is 10.6 Å². The third-order valence-electron chi connectivity index (χ3n) is 5.37. The topological polar surface area (TPSA) is 96.0 Å². The Morgan fingerprint density at radius 1 is 0.806 bits per heavy atom. The summed E-state index contributed by atoms with van der Waals surface area (Å²) in [5.74, 6) is 0. The summed E-state index contributed by atoms with van der Waals surface area (Å²) in [6.07, 6.45) is 1.55. The Kier molecular flexibility index (Phi) is 7.38. The van der Waals surface area contributed by atoms with Gasteiger partial charge in [0.05, 0.1) is 16.6 Å². The number of sulfonamides is 1. The second-order valence-electron chi connectivity index (χ2n) is 7.87. The Balaban J connectivity index is 1.23. The summed E-state index contributed by atoms with van der Waals surface area (Å²) in [5, 5.41) is 11.7. The minimum atomic E-state index is -3.68. The van der Waals surface area contributed by atoms with Crippen LogP contribution in [0.2, 0.25) is 0 Å². The van der Waals surface area contributed by atoms with Crippen molar-refractivity contribution in [3.05, 3.63) is 119 Å². The van der Waals surface area contributed by atoms with Crippen LogP contribution in [0.5, 0.6) is 0 Å². The molecule has 2 aromatic heterocycles. The van der Waals surface area contributed by atoms with E-state index in [0.29, 0.717) is 11.7 Å². The molecule has 10 heteroatoms. The van der Waals surface area contributed by atoms with Gasteiger partial charge in [0.2, 0.25) is 0 Å². The van der Waals surface area contributed by atoms with Gasteiger partial charge in [-0.15, -0.1) is 22.7 Å². The third-order valence-corrected chi connectivity index (χ3v) is 8.35. The lowest BCUT2D eigenvalue weighted by molar-refractivity contribution is 0.599. The van der Waals surface area contributed by atoms with Crippen LogP contribution >= 0.6 is 22.7 Å². The molecule has 0 saturated heterocycles. The maximum Gasteiger partial charge on any atom is 0.263 e. The van der Waals surface area contributed by atoms with Crippen molar-refractivity contribution >= 4 is 48.6 Å². The zero-order chi connectivity index (χ0) is 24.8. The minimum absolute atomic E-state index is 0.0537. The van der Waals surface area contributed by atoms with Crippen molar-refractivity contribution in [1.29, 1.82) is 0 Å². The Morgan fingerprint density at radius 2 is 1.47 bits per heavy atom. The molecule has 7 nitrogen and oxygen atoms in total. The Morgan fingerprint density at radius 3 is 2.08 bits per heavy atom. The van der Waals surface area contributed by atoms with Gasteiger partial charge in [0.15, 0.2) is 10.3 Å². The molecule has 0 bridgehead atoms. The predicted molar refractivity (Wildman–Crippen MR) is 146 cm³/mol. The molecule has 3 N–H and O–H groups in total. The molecule has 0 radical (unpaired) electrons. The number of hydrogen-bond donors (Lipinski definition) is 3. The molecule has 3 aromatic carbocycles. The van der Waals surface area contributed by atoms with Gasteiger partial charge in [0, 0.05) is 29.2 Å². The standard InChI is InChI=1S/C26H23N5O2S3/c32-36(33,31-25-27-15-16-34-25)23-13-11-21(12-14-23)29-26-30-22(18-35-26)17-28-24(19-7-3-1-4-8-19)20-9-5-2-6-10-20/h1-16,18,24,28H,17H2,(H,27,31)(H,29,30). The van der Waals surface area contributed by atoms with E-state index >= 15 is 0 Å². The van der Waals surface area contributed by atoms with Crippen molar-refractivity contribution in [3.63, 3.8) is 0 Å². The van der Waals surface area contributed by atoms with E-state index < -0.39 is 10.0 Å². The monoisotopic (exact) mass is 533 g/mol. The van der Waals surface area contributed by atoms with Crippen LogP contribution in [0.25, 0.3) is 0 Å². The molecule has 0 fully saturated rings. The van der Waals surface area contributed by atoms with Crippen molar-refractivity contribution in [2.75, 3.05) is 10.0 Å². The van der Waals surface area contributed by atoms with Gasteiger partial charge in [-0.25, -0.2) is 18.4 Å². The molecule has 0 aliphatic rings. The van der Waals surface area contributed by atoms with E-state index in [0.717, 1.165) is 16.5 Å². The first-order valence-electron chi connectivity index (χ1n) is 11.1. The van der Waals surface area contributed by atoms with E-state index in [1.165, 1.54) is 33.8 Å². The highest BCUT2D eigenvalue weighted by atomic mass is 32.2. The van der Waals surface area contributed by atoms with Crippen LogP contribution in [-0.2, 0) is 16.6 Å². The highest BCUT2D eigenvalue weighted by Gasteiger charge is 2.16. The highest BCUT2D eigenvalue weighted by molar-refractivity contribution is 7.93. The van der Waals surface area contributed by atoms with Gasteiger partial charge >= 0.3 is 0 Å². The maximum absolute atomic E-state index is 12.5. The fourth-order valence-electron chi connectivity index (χ4n) is 3.66. The first-order valence-corrected chi connectivity index (χ1v) is 14.4. The van der Waals surface area contributed by atoms with E-state index in [9.17, 15) is 8.42 Å². The SMILES string of the molecule is O=S(=O)(Nc1nccs1)c1ccc(Nc2nc(CNC(c3ccccc3)c3ccccc3)cs2)cc1. The molecular formula is C26H23N5O2S3. The molecule has 2 heterocycles. The summed E-state index contributed by atoms with van der Waals surface area (Å²) in [6.45, 7) is 0.603. The lowest BCUT2D eigenvalue weighted by atomic mass is 9.99. The van der Waals surface area contributed by atoms with Crippen molar-refractivity contribution in [3.8, 4) is 0 Å². The van der Waals surface area contributed by atoms with E-state index in [4.69, 9.17) is 4.98 Å². The number of rotatable bonds is 10. The average Bonchev–Trinajstić information content (AvgIpc) is 3.58. The van der Waals surface area contributed by atoms with Gasteiger partial charge in [-0.1, -0.05) is 60.7 Å². The van der Waals surface area contributed by atoms with Gasteiger partial charge in [0.25, 0.3) is 10.0 Å². The van der Waals surface area contributed by atoms with E-state index in [1.54, 1.807) is 35.8 Å². The molecule has 182 valence electrons. The van der Waals surface area contributed by atoms with E-state index in [2.05, 4.69) is 44.6 Å². The van der Waals surface area contributed by atoms with Crippen LogP contribution in [0.15, 0.2) is 107 Å². The summed E-state index contributed by atoms with van der Waals surface area (Å²) >= 11 is 2.73. The highest BCUT2D eigenvalue weighted by Crippen LogP contribution is 2.25. The molecule has 0 spiro atoms. The van der Waals surface area contributed by atoms with Crippen molar-refractivity contribution in [2.45, 2.75) is 17.5 Å². The lowest BCUT2D eigenvalue weighted by Crippen LogP contribution is -2.22. The van der Waals surface area contributed by atoms with Crippen LogP contribution in [-0.4, -0.2) is 18.4 Å². The molecule has 0 atom stereocenters. The number of nitrogens with one attached hydrogen (secondary N) is 3. The van der Waals surface area contributed by atoms with Crippen LogP contribution in [0, 0.1) is 0 Å². The Hall–Kier alpha value is -3.57. The molecule has 0 aliphatic heterocycles. The summed E-state index contributed by atoms with van der Waals surface area (Å²) in [5.41, 5.74) is 4.06. The zero-order valence-corrected chi connectivity index (χ0v) is 21.5. The second kappa shape index (κ2) is 11.0. The Labute approximate surface area is 218 Å². The first kappa shape index (κ1) is 24.1. The van der Waals surface area contributed by atoms with Crippen LogP contribution in [0.1, 0.15) is 22.9 Å². The first-order chi connectivity index (χ1) is 17.6. The summed E-state index contributed by atoms with van der Waals surface area (Å²) in [4.78, 5) is 8.83.